The van der Waals surface area contributed by atoms with Crippen molar-refractivity contribution in [2.45, 2.75) is 39.2 Å². The zero-order chi connectivity index (χ0) is 24.6. The van der Waals surface area contributed by atoms with Crippen molar-refractivity contribution in [1.82, 2.24) is 19.6 Å². The average molecular weight is 471 g/mol. The molecule has 4 rings (SSSR count). The molecule has 0 aliphatic carbocycles. The number of anilines is 2. The highest BCUT2D eigenvalue weighted by molar-refractivity contribution is 5.94. The van der Waals surface area contributed by atoms with E-state index in [1.54, 1.807) is 26.8 Å². The van der Waals surface area contributed by atoms with Gasteiger partial charge in [-0.05, 0) is 50.6 Å². The van der Waals surface area contributed by atoms with Crippen molar-refractivity contribution in [3.05, 3.63) is 58.9 Å². The molecule has 0 saturated carbocycles. The van der Waals surface area contributed by atoms with E-state index in [0.29, 0.717) is 16.9 Å². The number of nitrogens with one attached hydrogen (secondary N) is 1. The normalized spacial score (nSPS) is 11.8. The summed E-state index contributed by atoms with van der Waals surface area (Å²) in [7, 11) is 1.52. The number of hydrogen-bond acceptors (Lipinski definition) is 5. The zero-order valence-corrected chi connectivity index (χ0v) is 18.9. The smallest absolute Gasteiger partial charge is 0.257 e. The van der Waals surface area contributed by atoms with Gasteiger partial charge in [-0.1, -0.05) is 17.9 Å². The third kappa shape index (κ3) is 4.65. The van der Waals surface area contributed by atoms with Crippen LogP contribution in [0.5, 0.6) is 0 Å². The molecule has 0 saturated heterocycles. The fraction of sp³-hybridized carbons (Fsp3) is 0.292. The van der Waals surface area contributed by atoms with Gasteiger partial charge in [0.25, 0.3) is 5.78 Å². The van der Waals surface area contributed by atoms with Gasteiger partial charge in [0.2, 0.25) is 6.43 Å². The molecule has 2 aromatic heterocycles. The summed E-state index contributed by atoms with van der Waals surface area (Å²) >= 11 is 0. The molecular formula is C24H21F4N5O. The van der Waals surface area contributed by atoms with Gasteiger partial charge in [0, 0.05) is 24.8 Å². The third-order valence-corrected chi connectivity index (χ3v) is 5.25. The van der Waals surface area contributed by atoms with E-state index in [1.165, 1.54) is 35.8 Å². The molecule has 0 radical (unpaired) electrons. The van der Waals surface area contributed by atoms with Gasteiger partial charge in [-0.2, -0.15) is 4.98 Å². The summed E-state index contributed by atoms with van der Waals surface area (Å²) in [5, 5.41) is 10.8. The molecule has 10 heteroatoms. The van der Waals surface area contributed by atoms with Crippen LogP contribution >= 0.6 is 0 Å². The van der Waals surface area contributed by atoms with Crippen LogP contribution in [0.2, 0.25) is 0 Å². The number of benzene rings is 2. The van der Waals surface area contributed by atoms with Gasteiger partial charge < -0.3 is 10.1 Å². The Labute approximate surface area is 193 Å². The second kappa shape index (κ2) is 8.91. The van der Waals surface area contributed by atoms with Crippen LogP contribution in [0, 0.1) is 30.4 Å². The largest absolute Gasteiger partial charge is 0.366 e. The van der Waals surface area contributed by atoms with Gasteiger partial charge in [-0.15, -0.1) is 10.2 Å². The summed E-state index contributed by atoms with van der Waals surface area (Å²) in [6, 6.07) is 6.83. The summed E-state index contributed by atoms with van der Waals surface area (Å²) in [4.78, 5) is 4.33. The molecule has 2 heterocycles. The number of nitrogens with zero attached hydrogens (tertiary/aromatic N) is 4. The van der Waals surface area contributed by atoms with E-state index in [2.05, 4.69) is 32.3 Å². The lowest BCUT2D eigenvalue weighted by Gasteiger charge is -2.15. The fourth-order valence-electron chi connectivity index (χ4n) is 3.44. The second-order valence-electron chi connectivity index (χ2n) is 8.19. The maximum atomic E-state index is 15.4. The number of hydrogen-bond donors (Lipinski definition) is 1. The zero-order valence-electron chi connectivity index (χ0n) is 18.9. The topological polar surface area (TPSA) is 64.3 Å². The Bertz CT molecular complexity index is 1450. The van der Waals surface area contributed by atoms with E-state index >= 15 is 4.39 Å². The first-order valence-electron chi connectivity index (χ1n) is 10.3. The Balaban J connectivity index is 1.87. The number of methoxy groups -OCH3 is 1. The first kappa shape index (κ1) is 23.4. The minimum Gasteiger partial charge on any atom is -0.366 e. The minimum absolute atomic E-state index is 0.00903. The summed E-state index contributed by atoms with van der Waals surface area (Å²) in [6.07, 6.45) is -3.48. The predicted molar refractivity (Wildman–Crippen MR) is 120 cm³/mol. The molecule has 4 aromatic rings. The van der Waals surface area contributed by atoms with Crippen molar-refractivity contribution in [1.29, 1.82) is 0 Å². The van der Waals surface area contributed by atoms with Crippen LogP contribution in [0.1, 0.15) is 30.8 Å². The Morgan fingerprint density at radius 1 is 1.15 bits per heavy atom. The Hall–Kier alpha value is -3.71. The molecule has 1 N–H and O–H groups in total. The molecule has 6 nitrogen and oxygen atoms in total. The summed E-state index contributed by atoms with van der Waals surface area (Å²) < 4.78 is 62.5. The van der Waals surface area contributed by atoms with Crippen LogP contribution in [-0.2, 0) is 11.2 Å². The number of alkyl halides is 2. The van der Waals surface area contributed by atoms with Crippen molar-refractivity contribution in [3.8, 4) is 11.8 Å². The molecule has 0 amide bonds. The first-order chi connectivity index (χ1) is 16.1. The number of ether oxygens (including phenoxy) is 1. The van der Waals surface area contributed by atoms with E-state index in [0.717, 1.165) is 0 Å². The van der Waals surface area contributed by atoms with Crippen molar-refractivity contribution in [2.75, 3.05) is 12.4 Å². The number of halogens is 4. The summed E-state index contributed by atoms with van der Waals surface area (Å²) in [5.74, 6) is 4.94. The van der Waals surface area contributed by atoms with Gasteiger partial charge in [-0.3, -0.25) is 4.40 Å². The lowest BCUT2D eigenvalue weighted by molar-refractivity contribution is 0.0741. The molecule has 0 aliphatic heterocycles. The lowest BCUT2D eigenvalue weighted by Crippen LogP contribution is -2.19. The van der Waals surface area contributed by atoms with Gasteiger partial charge >= 0.3 is 0 Å². The third-order valence-electron chi connectivity index (χ3n) is 5.25. The Kier molecular flexibility index (Phi) is 6.15. The van der Waals surface area contributed by atoms with Crippen LogP contribution < -0.4 is 5.32 Å². The molecule has 0 unspecified atom stereocenters. The SMILES string of the molecule is COC(C)(C)C#Cc1cc(F)cc(Nc2nc3nnc(C)n3c3ccc(CC(F)F)c(F)c23)c1. The van der Waals surface area contributed by atoms with Crippen LogP contribution in [0.25, 0.3) is 16.7 Å². The molecule has 0 spiro atoms. The maximum absolute atomic E-state index is 15.4. The van der Waals surface area contributed by atoms with Gasteiger partial charge in [-0.25, -0.2) is 17.6 Å². The Morgan fingerprint density at radius 3 is 2.62 bits per heavy atom. The monoisotopic (exact) mass is 471 g/mol. The first-order valence-corrected chi connectivity index (χ1v) is 10.3. The maximum Gasteiger partial charge on any atom is 0.257 e. The van der Waals surface area contributed by atoms with Gasteiger partial charge in [0.1, 0.15) is 28.9 Å². The van der Waals surface area contributed by atoms with E-state index in [9.17, 15) is 13.2 Å². The fourth-order valence-corrected chi connectivity index (χ4v) is 3.44. The highest BCUT2D eigenvalue weighted by Crippen LogP contribution is 2.31. The molecule has 34 heavy (non-hydrogen) atoms. The number of aromatic nitrogens is 4. The van der Waals surface area contributed by atoms with Crippen LogP contribution in [0.15, 0.2) is 30.3 Å². The highest BCUT2D eigenvalue weighted by Gasteiger charge is 2.20. The molecule has 176 valence electrons. The van der Waals surface area contributed by atoms with E-state index in [-0.39, 0.29) is 28.2 Å². The van der Waals surface area contributed by atoms with Crippen molar-refractivity contribution in [3.63, 3.8) is 0 Å². The number of rotatable bonds is 5. The van der Waals surface area contributed by atoms with E-state index in [1.807, 2.05) is 0 Å². The molecule has 0 aliphatic rings. The highest BCUT2D eigenvalue weighted by atomic mass is 19.3. The van der Waals surface area contributed by atoms with Crippen LogP contribution in [0.3, 0.4) is 0 Å². The standard InChI is InChI=1S/C24H21F4N5O/c1-13-31-32-23-30-22(20-18(33(13)23)6-5-15(21(20)28)11-19(26)27)29-17-10-14(9-16(25)12-17)7-8-24(2,3)34-4/h5-6,9-10,12,19H,11H2,1-4H3,(H,29,30,32). The van der Waals surface area contributed by atoms with Crippen molar-refractivity contribution >= 4 is 28.2 Å². The van der Waals surface area contributed by atoms with Gasteiger partial charge in [0.05, 0.1) is 10.9 Å². The Morgan fingerprint density at radius 2 is 1.91 bits per heavy atom. The predicted octanol–water partition coefficient (Wildman–Crippen LogP) is 5.19. The second-order valence-corrected chi connectivity index (χ2v) is 8.19. The van der Waals surface area contributed by atoms with Crippen molar-refractivity contribution in [2.24, 2.45) is 0 Å². The quantitative estimate of drug-likeness (QED) is 0.321. The summed E-state index contributed by atoms with van der Waals surface area (Å²) in [6.45, 7) is 5.20. The van der Waals surface area contributed by atoms with E-state index in [4.69, 9.17) is 4.74 Å². The van der Waals surface area contributed by atoms with Gasteiger partial charge in [0.15, 0.2) is 0 Å². The molecule has 2 aromatic carbocycles. The average Bonchev–Trinajstić information content (AvgIpc) is 3.14. The molecular weight excluding hydrogens is 450 g/mol. The summed E-state index contributed by atoms with van der Waals surface area (Å²) in [5.41, 5.74) is 0.0370. The van der Waals surface area contributed by atoms with Crippen LogP contribution in [0.4, 0.5) is 29.1 Å². The number of fused-ring (bicyclic) bond motifs is 3. The molecule has 0 bridgehead atoms. The van der Waals surface area contributed by atoms with Crippen molar-refractivity contribution < 1.29 is 22.3 Å². The lowest BCUT2D eigenvalue weighted by atomic mass is 10.1. The number of aryl methyl sites for hydroxylation is 1. The molecule has 0 atom stereocenters. The van der Waals surface area contributed by atoms with Crippen LogP contribution in [-0.4, -0.2) is 38.7 Å². The van der Waals surface area contributed by atoms with E-state index < -0.39 is 30.1 Å². The molecule has 0 fully saturated rings. The minimum atomic E-state index is -2.72.